The molecule has 0 aromatic heterocycles. The number of benzene rings is 2. The Morgan fingerprint density at radius 3 is 2.24 bits per heavy atom. The van der Waals surface area contributed by atoms with Crippen LogP contribution in [-0.2, 0) is 14.8 Å². The molecule has 0 N–H and O–H groups in total. The van der Waals surface area contributed by atoms with Gasteiger partial charge in [0.2, 0.25) is 5.75 Å². The number of nitrogens with zero attached hydrogens (tertiary/aromatic N) is 1. The molecule has 0 fully saturated rings. The van der Waals surface area contributed by atoms with E-state index in [1.165, 1.54) is 27.4 Å². The van der Waals surface area contributed by atoms with Crippen LogP contribution in [-0.4, -0.2) is 42.3 Å². The third-order valence-electron chi connectivity index (χ3n) is 3.69. The molecule has 1 heterocycles. The molecule has 1 aliphatic rings. The minimum atomic E-state index is -3.71. The average molecular weight is 363 g/mol. The Morgan fingerprint density at radius 1 is 1.00 bits per heavy atom. The molecule has 8 heteroatoms. The predicted octanol–water partition coefficient (Wildman–Crippen LogP) is 2.23. The number of ether oxygens (including phenoxy) is 4. The molecular weight excluding hydrogens is 346 g/mol. The maximum atomic E-state index is 12.3. The van der Waals surface area contributed by atoms with E-state index in [1.807, 2.05) is 0 Å². The first-order valence-corrected chi connectivity index (χ1v) is 8.78. The second-order valence-corrected chi connectivity index (χ2v) is 6.74. The third kappa shape index (κ3) is 3.06. The van der Waals surface area contributed by atoms with Gasteiger partial charge >= 0.3 is 0 Å². The fourth-order valence-electron chi connectivity index (χ4n) is 2.59. The highest BCUT2D eigenvalue weighted by atomic mass is 32.2. The van der Waals surface area contributed by atoms with Crippen molar-refractivity contribution in [1.29, 1.82) is 0 Å². The first kappa shape index (κ1) is 17.2. The van der Waals surface area contributed by atoms with Crippen LogP contribution < -0.4 is 14.2 Å². The largest absolute Gasteiger partial charge is 0.493 e. The molecule has 0 atom stereocenters. The molecule has 0 amide bonds. The zero-order valence-electron chi connectivity index (χ0n) is 14.0. The maximum Gasteiger partial charge on any atom is 0.283 e. The summed E-state index contributed by atoms with van der Waals surface area (Å²) in [5.74, 6) is 1.14. The van der Waals surface area contributed by atoms with E-state index in [1.54, 1.807) is 30.3 Å². The van der Waals surface area contributed by atoms with Crippen molar-refractivity contribution in [2.75, 3.05) is 28.1 Å². The van der Waals surface area contributed by atoms with Crippen LogP contribution in [0.3, 0.4) is 0 Å². The van der Waals surface area contributed by atoms with Crippen LogP contribution in [0.1, 0.15) is 11.1 Å². The second kappa shape index (κ2) is 6.73. The third-order valence-corrected chi connectivity index (χ3v) is 5.02. The summed E-state index contributed by atoms with van der Waals surface area (Å²) in [5, 5.41) is 0. The number of hydrogen-bond acceptors (Lipinski definition) is 6. The van der Waals surface area contributed by atoms with E-state index in [0.29, 0.717) is 34.1 Å². The second-order valence-electron chi connectivity index (χ2n) is 5.17. The summed E-state index contributed by atoms with van der Waals surface area (Å²) in [5.41, 5.74) is 1.43. The van der Waals surface area contributed by atoms with Gasteiger partial charge in [-0.2, -0.15) is 12.8 Å². The van der Waals surface area contributed by atoms with Gasteiger partial charge in [-0.15, -0.1) is 0 Å². The number of hydrogen-bond donors (Lipinski definition) is 0. The van der Waals surface area contributed by atoms with Crippen LogP contribution in [0.2, 0.25) is 0 Å². The van der Waals surface area contributed by atoms with Gasteiger partial charge in [0.15, 0.2) is 18.3 Å². The van der Waals surface area contributed by atoms with Gasteiger partial charge in [-0.3, -0.25) is 0 Å². The molecule has 25 heavy (non-hydrogen) atoms. The Kier molecular flexibility index (Phi) is 4.65. The summed E-state index contributed by atoms with van der Waals surface area (Å²) in [7, 11) is 0.762. The Hall–Kier alpha value is -2.58. The fourth-order valence-corrected chi connectivity index (χ4v) is 3.83. The minimum Gasteiger partial charge on any atom is -0.493 e. The fraction of sp³-hybridized carbons (Fsp3) is 0.235. The molecular formula is C17H17NO6S. The summed E-state index contributed by atoms with van der Waals surface area (Å²) < 4.78 is 49.6. The molecule has 0 spiro atoms. The quantitative estimate of drug-likeness (QED) is 0.732. The number of sulfonamides is 1. The van der Waals surface area contributed by atoms with Gasteiger partial charge in [0.05, 0.1) is 24.8 Å². The smallest absolute Gasteiger partial charge is 0.283 e. The molecule has 2 aromatic rings. The minimum absolute atomic E-state index is 0.0181. The Morgan fingerprint density at radius 2 is 1.64 bits per heavy atom. The van der Waals surface area contributed by atoms with E-state index in [2.05, 4.69) is 4.40 Å². The van der Waals surface area contributed by atoms with Crippen molar-refractivity contribution in [3.63, 3.8) is 0 Å². The van der Waals surface area contributed by atoms with Crippen LogP contribution in [0, 0.1) is 0 Å². The van der Waals surface area contributed by atoms with E-state index in [-0.39, 0.29) is 11.7 Å². The lowest BCUT2D eigenvalue weighted by atomic mass is 10.0. The molecule has 0 saturated carbocycles. The lowest BCUT2D eigenvalue weighted by Gasteiger charge is -2.15. The van der Waals surface area contributed by atoms with Crippen molar-refractivity contribution >= 4 is 15.7 Å². The van der Waals surface area contributed by atoms with Crippen molar-refractivity contribution < 1.29 is 27.4 Å². The van der Waals surface area contributed by atoms with Crippen LogP contribution >= 0.6 is 0 Å². The van der Waals surface area contributed by atoms with Gasteiger partial charge in [0.1, 0.15) is 0 Å². The summed E-state index contributed by atoms with van der Waals surface area (Å²) >= 11 is 0. The summed E-state index contributed by atoms with van der Waals surface area (Å²) in [6, 6.07) is 9.99. The standard InChI is InChI=1S/C17H17NO6S/c1-21-10-24-17-13(22-2)8-11(9-14(17)23-3)16-12-6-4-5-7-15(12)25(19,20)18-16/h4-9H,10H2,1-3H3. The van der Waals surface area contributed by atoms with Crippen molar-refractivity contribution in [2.45, 2.75) is 4.90 Å². The molecule has 3 rings (SSSR count). The van der Waals surface area contributed by atoms with E-state index >= 15 is 0 Å². The molecule has 7 nitrogen and oxygen atoms in total. The van der Waals surface area contributed by atoms with E-state index in [0.717, 1.165) is 0 Å². The number of methoxy groups -OCH3 is 3. The van der Waals surface area contributed by atoms with Gasteiger partial charge in [-0.05, 0) is 18.2 Å². The van der Waals surface area contributed by atoms with Crippen LogP contribution in [0.15, 0.2) is 45.7 Å². The van der Waals surface area contributed by atoms with Crippen LogP contribution in [0.4, 0.5) is 0 Å². The molecule has 0 unspecified atom stereocenters. The van der Waals surface area contributed by atoms with Crippen LogP contribution in [0.25, 0.3) is 0 Å². The lowest BCUT2D eigenvalue weighted by Crippen LogP contribution is -2.06. The SMILES string of the molecule is COCOc1c(OC)cc(C2=NS(=O)(=O)c3ccccc32)cc1OC. The first-order valence-electron chi connectivity index (χ1n) is 7.34. The molecule has 132 valence electrons. The van der Waals surface area contributed by atoms with Gasteiger partial charge in [0.25, 0.3) is 10.0 Å². The number of fused-ring (bicyclic) bond motifs is 1. The maximum absolute atomic E-state index is 12.3. The Labute approximate surface area is 145 Å². The molecule has 0 radical (unpaired) electrons. The summed E-state index contributed by atoms with van der Waals surface area (Å²) in [6.45, 7) is 0.0181. The zero-order chi connectivity index (χ0) is 18.0. The lowest BCUT2D eigenvalue weighted by molar-refractivity contribution is 0.0471. The molecule has 0 bridgehead atoms. The number of rotatable bonds is 6. The molecule has 1 aliphatic heterocycles. The van der Waals surface area contributed by atoms with Gasteiger partial charge in [-0.1, -0.05) is 18.2 Å². The van der Waals surface area contributed by atoms with Crippen molar-refractivity contribution in [1.82, 2.24) is 0 Å². The van der Waals surface area contributed by atoms with Crippen molar-refractivity contribution in [2.24, 2.45) is 4.40 Å². The Bertz CT molecular complexity index is 911. The first-order chi connectivity index (χ1) is 12.0. The van der Waals surface area contributed by atoms with E-state index in [9.17, 15) is 8.42 Å². The summed E-state index contributed by atoms with van der Waals surface area (Å²) in [6.07, 6.45) is 0. The van der Waals surface area contributed by atoms with E-state index in [4.69, 9.17) is 18.9 Å². The van der Waals surface area contributed by atoms with Gasteiger partial charge < -0.3 is 18.9 Å². The van der Waals surface area contributed by atoms with Crippen molar-refractivity contribution in [3.8, 4) is 17.2 Å². The highest BCUT2D eigenvalue weighted by molar-refractivity contribution is 7.90. The average Bonchev–Trinajstić information content (AvgIpc) is 2.91. The normalized spacial score (nSPS) is 14.6. The highest BCUT2D eigenvalue weighted by Gasteiger charge is 2.30. The molecule has 2 aromatic carbocycles. The topological polar surface area (TPSA) is 83.4 Å². The van der Waals surface area contributed by atoms with Crippen LogP contribution in [0.5, 0.6) is 17.2 Å². The molecule has 0 aliphatic carbocycles. The summed E-state index contributed by atoms with van der Waals surface area (Å²) in [4.78, 5) is 0.183. The Balaban J connectivity index is 2.16. The van der Waals surface area contributed by atoms with Gasteiger partial charge in [-0.25, -0.2) is 0 Å². The van der Waals surface area contributed by atoms with E-state index < -0.39 is 10.0 Å². The molecule has 0 saturated heterocycles. The monoisotopic (exact) mass is 363 g/mol. The predicted molar refractivity (Wildman–Crippen MR) is 91.3 cm³/mol. The van der Waals surface area contributed by atoms with Crippen molar-refractivity contribution in [3.05, 3.63) is 47.5 Å². The highest BCUT2D eigenvalue weighted by Crippen LogP contribution is 2.40. The zero-order valence-corrected chi connectivity index (χ0v) is 14.8. The van der Waals surface area contributed by atoms with Gasteiger partial charge in [0, 0.05) is 18.2 Å².